The molecule has 2 unspecified atom stereocenters. The Hall–Kier alpha value is -0.440. The van der Waals surface area contributed by atoms with Crippen LogP contribution in [-0.2, 0) is 9.47 Å². The second kappa shape index (κ2) is 7.98. The van der Waals surface area contributed by atoms with Gasteiger partial charge in [0, 0.05) is 13.2 Å². The number of halogens is 4. The van der Waals surface area contributed by atoms with Crippen LogP contribution in [0.25, 0.3) is 0 Å². The van der Waals surface area contributed by atoms with Crippen molar-refractivity contribution in [3.8, 4) is 0 Å². The molecule has 2 atom stereocenters. The third kappa shape index (κ3) is 6.51. The van der Waals surface area contributed by atoms with Gasteiger partial charge in [0.1, 0.15) is 0 Å². The van der Waals surface area contributed by atoms with Crippen molar-refractivity contribution in [3.63, 3.8) is 0 Å². The average molecular weight is 289 g/mol. The first-order valence-corrected chi connectivity index (χ1v) is 6.16. The molecular formula is C11H19F4NO3. The monoisotopic (exact) mass is 289 g/mol. The molecule has 0 radical (unpaired) electrons. The number of hydrogen-bond acceptors (Lipinski definition) is 4. The molecule has 1 aliphatic heterocycles. The molecule has 4 nitrogen and oxygen atoms in total. The van der Waals surface area contributed by atoms with Crippen molar-refractivity contribution in [3.05, 3.63) is 0 Å². The van der Waals surface area contributed by atoms with E-state index in [2.05, 4.69) is 5.32 Å². The SMILES string of the molecule is OC(CNCC(F)(F)C(F)F)COCC1CCCO1. The molecule has 0 saturated carbocycles. The predicted molar refractivity (Wildman–Crippen MR) is 59.6 cm³/mol. The van der Waals surface area contributed by atoms with Crippen LogP contribution in [0.5, 0.6) is 0 Å². The molecule has 0 amide bonds. The maximum atomic E-state index is 12.5. The van der Waals surface area contributed by atoms with Crippen LogP contribution in [0.15, 0.2) is 0 Å². The Morgan fingerprint density at radius 1 is 1.42 bits per heavy atom. The van der Waals surface area contributed by atoms with Crippen LogP contribution in [-0.4, -0.2) is 62.6 Å². The first-order valence-electron chi connectivity index (χ1n) is 6.16. The smallest absolute Gasteiger partial charge is 0.319 e. The Morgan fingerprint density at radius 2 is 2.16 bits per heavy atom. The van der Waals surface area contributed by atoms with Crippen LogP contribution >= 0.6 is 0 Å². The second-order valence-corrected chi connectivity index (χ2v) is 4.52. The van der Waals surface area contributed by atoms with E-state index in [9.17, 15) is 22.7 Å². The minimum atomic E-state index is -4.09. The van der Waals surface area contributed by atoms with E-state index in [-0.39, 0.29) is 19.3 Å². The van der Waals surface area contributed by atoms with Crippen LogP contribution in [0.3, 0.4) is 0 Å². The number of alkyl halides is 4. The van der Waals surface area contributed by atoms with E-state index in [1.54, 1.807) is 0 Å². The lowest BCUT2D eigenvalue weighted by molar-refractivity contribution is -0.126. The lowest BCUT2D eigenvalue weighted by Crippen LogP contribution is -2.42. The number of nitrogens with one attached hydrogen (secondary N) is 1. The molecule has 1 rings (SSSR count). The van der Waals surface area contributed by atoms with Crippen molar-refractivity contribution in [1.29, 1.82) is 0 Å². The maximum absolute atomic E-state index is 12.5. The summed E-state index contributed by atoms with van der Waals surface area (Å²) in [5.41, 5.74) is 0. The molecule has 0 aliphatic carbocycles. The van der Waals surface area contributed by atoms with Gasteiger partial charge in [0.15, 0.2) is 0 Å². The Balaban J connectivity index is 2.02. The van der Waals surface area contributed by atoms with Crippen molar-refractivity contribution in [2.75, 3.05) is 32.9 Å². The molecule has 0 aromatic rings. The number of aliphatic hydroxyl groups is 1. The lowest BCUT2D eigenvalue weighted by atomic mass is 10.2. The normalized spacial score (nSPS) is 22.1. The van der Waals surface area contributed by atoms with E-state index < -0.39 is 25.0 Å². The quantitative estimate of drug-likeness (QED) is 0.623. The van der Waals surface area contributed by atoms with Gasteiger partial charge in [0.2, 0.25) is 0 Å². The van der Waals surface area contributed by atoms with Crippen molar-refractivity contribution in [1.82, 2.24) is 5.32 Å². The molecule has 0 aromatic carbocycles. The predicted octanol–water partition coefficient (Wildman–Crippen LogP) is 1.03. The highest BCUT2D eigenvalue weighted by molar-refractivity contribution is 4.73. The van der Waals surface area contributed by atoms with Gasteiger partial charge in [-0.1, -0.05) is 0 Å². The average Bonchev–Trinajstić information content (AvgIpc) is 2.81. The summed E-state index contributed by atoms with van der Waals surface area (Å²) >= 11 is 0. The molecule has 1 heterocycles. The minimum absolute atomic E-state index is 0.0170. The highest BCUT2D eigenvalue weighted by atomic mass is 19.3. The maximum Gasteiger partial charge on any atom is 0.319 e. The summed E-state index contributed by atoms with van der Waals surface area (Å²) in [5, 5.41) is 11.5. The number of hydrogen-bond donors (Lipinski definition) is 2. The largest absolute Gasteiger partial charge is 0.389 e. The van der Waals surface area contributed by atoms with E-state index in [0.29, 0.717) is 13.2 Å². The molecule has 0 bridgehead atoms. The molecular weight excluding hydrogens is 270 g/mol. The molecule has 2 N–H and O–H groups in total. The standard InChI is InChI=1S/C11H19F4NO3/c12-10(13)11(14,15)7-16-4-8(17)5-18-6-9-2-1-3-19-9/h8-10,16-17H,1-7H2. The molecule has 8 heteroatoms. The van der Waals surface area contributed by atoms with Gasteiger partial charge in [-0.25, -0.2) is 8.78 Å². The summed E-state index contributed by atoms with van der Waals surface area (Å²) in [7, 11) is 0. The molecule has 114 valence electrons. The minimum Gasteiger partial charge on any atom is -0.389 e. The van der Waals surface area contributed by atoms with Crippen LogP contribution in [0, 0.1) is 0 Å². The fraction of sp³-hybridized carbons (Fsp3) is 1.00. The summed E-state index contributed by atoms with van der Waals surface area (Å²) in [5.74, 6) is -4.09. The zero-order valence-corrected chi connectivity index (χ0v) is 10.5. The van der Waals surface area contributed by atoms with Gasteiger partial charge in [0.05, 0.1) is 32.0 Å². The van der Waals surface area contributed by atoms with Gasteiger partial charge >= 0.3 is 12.3 Å². The fourth-order valence-electron chi connectivity index (χ4n) is 1.65. The molecule has 0 spiro atoms. The zero-order chi connectivity index (χ0) is 14.3. The lowest BCUT2D eigenvalue weighted by Gasteiger charge is -2.18. The van der Waals surface area contributed by atoms with Gasteiger partial charge in [-0.15, -0.1) is 0 Å². The van der Waals surface area contributed by atoms with E-state index in [0.717, 1.165) is 12.8 Å². The fourth-order valence-corrected chi connectivity index (χ4v) is 1.65. The third-order valence-corrected chi connectivity index (χ3v) is 2.70. The van der Waals surface area contributed by atoms with Gasteiger partial charge in [0.25, 0.3) is 0 Å². The highest BCUT2D eigenvalue weighted by Gasteiger charge is 2.40. The third-order valence-electron chi connectivity index (χ3n) is 2.70. The Bertz CT molecular complexity index is 250. The van der Waals surface area contributed by atoms with Crippen LogP contribution in [0.1, 0.15) is 12.8 Å². The van der Waals surface area contributed by atoms with Crippen molar-refractivity contribution < 1.29 is 32.1 Å². The summed E-state index contributed by atoms with van der Waals surface area (Å²) < 4.78 is 59.1. The highest BCUT2D eigenvalue weighted by Crippen LogP contribution is 2.21. The number of ether oxygens (including phenoxy) is 2. The summed E-state index contributed by atoms with van der Waals surface area (Å²) in [6, 6.07) is 0. The van der Waals surface area contributed by atoms with Crippen LogP contribution in [0.4, 0.5) is 17.6 Å². The van der Waals surface area contributed by atoms with Crippen molar-refractivity contribution in [2.45, 2.75) is 37.4 Å². The van der Waals surface area contributed by atoms with Gasteiger partial charge in [-0.2, -0.15) is 8.78 Å². The van der Waals surface area contributed by atoms with E-state index in [4.69, 9.17) is 9.47 Å². The van der Waals surface area contributed by atoms with Crippen LogP contribution < -0.4 is 5.32 Å². The summed E-state index contributed by atoms with van der Waals surface area (Å²) in [6.07, 6.45) is -2.85. The molecule has 19 heavy (non-hydrogen) atoms. The van der Waals surface area contributed by atoms with E-state index in [1.165, 1.54) is 0 Å². The topological polar surface area (TPSA) is 50.7 Å². The molecule has 1 fully saturated rings. The number of rotatable bonds is 9. The first kappa shape index (κ1) is 16.6. The Kier molecular flexibility index (Phi) is 6.98. The van der Waals surface area contributed by atoms with Gasteiger partial charge in [-0.05, 0) is 12.8 Å². The van der Waals surface area contributed by atoms with Gasteiger partial charge in [-0.3, -0.25) is 0 Å². The Labute approximate surface area is 109 Å². The van der Waals surface area contributed by atoms with E-state index >= 15 is 0 Å². The molecule has 0 aromatic heterocycles. The number of aliphatic hydroxyl groups excluding tert-OH is 1. The molecule has 1 saturated heterocycles. The van der Waals surface area contributed by atoms with Crippen LogP contribution in [0.2, 0.25) is 0 Å². The summed E-state index contributed by atoms with van der Waals surface area (Å²) in [4.78, 5) is 0. The van der Waals surface area contributed by atoms with E-state index in [1.807, 2.05) is 0 Å². The van der Waals surface area contributed by atoms with Gasteiger partial charge < -0.3 is 19.9 Å². The molecule has 1 aliphatic rings. The summed E-state index contributed by atoms with van der Waals surface area (Å²) in [6.45, 7) is -0.417. The second-order valence-electron chi connectivity index (χ2n) is 4.52. The van der Waals surface area contributed by atoms with Crippen molar-refractivity contribution >= 4 is 0 Å². The zero-order valence-electron chi connectivity index (χ0n) is 10.5. The Morgan fingerprint density at radius 3 is 2.74 bits per heavy atom. The first-order chi connectivity index (χ1) is 8.92. The van der Waals surface area contributed by atoms with Crippen molar-refractivity contribution in [2.24, 2.45) is 0 Å².